The Labute approximate surface area is 115 Å². The third kappa shape index (κ3) is 3.27. The molecule has 0 saturated carbocycles. The number of aryl methyl sites for hydroxylation is 1. The summed E-state index contributed by atoms with van der Waals surface area (Å²) >= 11 is 6.58. The van der Waals surface area contributed by atoms with Crippen LogP contribution in [0.3, 0.4) is 0 Å². The molecule has 100 valence electrons. The highest BCUT2D eigenvalue weighted by Gasteiger charge is 2.31. The number of hydrogen-bond acceptors (Lipinski definition) is 1. The molecule has 1 fully saturated rings. The van der Waals surface area contributed by atoms with E-state index >= 15 is 0 Å². The minimum atomic E-state index is 0.0859. The standard InChI is InChI=1S/C16H23ClO/c1-3-4-5-13-6-8-14(9-7-13)16(17)15-10-11-18-12(15)2/h6-9,12,15-16H,3-5,10-11H2,1-2H3. The lowest BCUT2D eigenvalue weighted by Gasteiger charge is -2.20. The van der Waals surface area contributed by atoms with E-state index in [1.165, 1.54) is 30.4 Å². The predicted octanol–water partition coefficient (Wildman–Crippen LogP) is 4.73. The molecule has 3 atom stereocenters. The lowest BCUT2D eigenvalue weighted by atomic mass is 9.92. The van der Waals surface area contributed by atoms with Crippen molar-refractivity contribution in [1.82, 2.24) is 0 Å². The summed E-state index contributed by atoms with van der Waals surface area (Å²) in [6.07, 6.45) is 5.04. The van der Waals surface area contributed by atoms with Gasteiger partial charge in [-0.3, -0.25) is 0 Å². The van der Waals surface area contributed by atoms with Gasteiger partial charge in [0.2, 0.25) is 0 Å². The zero-order valence-corrected chi connectivity index (χ0v) is 12.1. The first kappa shape index (κ1) is 13.9. The maximum absolute atomic E-state index is 6.58. The molecule has 1 saturated heterocycles. The molecule has 0 aromatic heterocycles. The SMILES string of the molecule is CCCCc1ccc(C(Cl)C2CCOC2C)cc1. The fourth-order valence-electron chi connectivity index (χ4n) is 2.63. The third-order valence-electron chi connectivity index (χ3n) is 3.93. The van der Waals surface area contributed by atoms with E-state index in [0.29, 0.717) is 5.92 Å². The summed E-state index contributed by atoms with van der Waals surface area (Å²) in [5.74, 6) is 0.452. The van der Waals surface area contributed by atoms with E-state index in [-0.39, 0.29) is 11.5 Å². The van der Waals surface area contributed by atoms with Gasteiger partial charge in [-0.25, -0.2) is 0 Å². The molecule has 0 amide bonds. The Hall–Kier alpha value is -0.530. The van der Waals surface area contributed by atoms with Gasteiger partial charge in [-0.1, -0.05) is 37.6 Å². The molecule has 18 heavy (non-hydrogen) atoms. The number of hydrogen-bond donors (Lipinski definition) is 0. The van der Waals surface area contributed by atoms with Crippen LogP contribution >= 0.6 is 11.6 Å². The van der Waals surface area contributed by atoms with Crippen molar-refractivity contribution in [3.8, 4) is 0 Å². The fourth-order valence-corrected chi connectivity index (χ4v) is 3.11. The Morgan fingerprint density at radius 1 is 1.33 bits per heavy atom. The van der Waals surface area contributed by atoms with Crippen molar-refractivity contribution in [3.05, 3.63) is 35.4 Å². The van der Waals surface area contributed by atoms with Crippen LogP contribution in [0.15, 0.2) is 24.3 Å². The van der Waals surface area contributed by atoms with Gasteiger partial charge in [-0.2, -0.15) is 0 Å². The number of rotatable bonds is 5. The zero-order valence-electron chi connectivity index (χ0n) is 11.4. The van der Waals surface area contributed by atoms with Gasteiger partial charge in [0.25, 0.3) is 0 Å². The fraction of sp³-hybridized carbons (Fsp3) is 0.625. The minimum Gasteiger partial charge on any atom is -0.378 e. The smallest absolute Gasteiger partial charge is 0.0638 e. The molecule has 1 aliphatic rings. The molecule has 1 nitrogen and oxygen atoms in total. The van der Waals surface area contributed by atoms with Crippen molar-refractivity contribution in [2.24, 2.45) is 5.92 Å². The van der Waals surface area contributed by atoms with Crippen LogP contribution < -0.4 is 0 Å². The van der Waals surface area contributed by atoms with Crippen LogP contribution in [-0.4, -0.2) is 12.7 Å². The van der Waals surface area contributed by atoms with Gasteiger partial charge in [0, 0.05) is 12.5 Å². The Bertz CT molecular complexity index is 360. The van der Waals surface area contributed by atoms with Crippen molar-refractivity contribution in [2.45, 2.75) is 51.0 Å². The highest BCUT2D eigenvalue weighted by Crippen LogP contribution is 2.37. The number of unbranched alkanes of at least 4 members (excludes halogenated alkanes) is 1. The first-order valence-corrected chi connectivity index (χ1v) is 7.50. The Morgan fingerprint density at radius 2 is 2.06 bits per heavy atom. The largest absolute Gasteiger partial charge is 0.378 e. The van der Waals surface area contributed by atoms with Gasteiger partial charge in [0.15, 0.2) is 0 Å². The summed E-state index contributed by atoms with van der Waals surface area (Å²) in [6.45, 7) is 5.21. The molecular weight excluding hydrogens is 244 g/mol. The van der Waals surface area contributed by atoms with Crippen LogP contribution in [0.25, 0.3) is 0 Å². The number of alkyl halides is 1. The summed E-state index contributed by atoms with van der Waals surface area (Å²) < 4.78 is 5.60. The second-order valence-electron chi connectivity index (χ2n) is 5.28. The molecule has 0 aliphatic carbocycles. The second kappa shape index (κ2) is 6.58. The van der Waals surface area contributed by atoms with Crippen LogP contribution in [-0.2, 0) is 11.2 Å². The molecule has 0 radical (unpaired) electrons. The van der Waals surface area contributed by atoms with Gasteiger partial charge in [0.05, 0.1) is 11.5 Å². The summed E-state index contributed by atoms with van der Waals surface area (Å²) in [5, 5.41) is 0.0859. The van der Waals surface area contributed by atoms with Crippen LogP contribution in [0.4, 0.5) is 0 Å². The second-order valence-corrected chi connectivity index (χ2v) is 5.75. The van der Waals surface area contributed by atoms with Crippen LogP contribution in [0, 0.1) is 5.92 Å². The summed E-state index contributed by atoms with van der Waals surface area (Å²) in [7, 11) is 0. The molecule has 3 unspecified atom stereocenters. The maximum Gasteiger partial charge on any atom is 0.0638 e. The number of ether oxygens (including phenoxy) is 1. The topological polar surface area (TPSA) is 9.23 Å². The average Bonchev–Trinajstić information content (AvgIpc) is 2.82. The summed E-state index contributed by atoms with van der Waals surface area (Å²) in [5.41, 5.74) is 2.65. The van der Waals surface area contributed by atoms with Gasteiger partial charge in [-0.05, 0) is 37.3 Å². The van der Waals surface area contributed by atoms with E-state index < -0.39 is 0 Å². The molecule has 1 aromatic carbocycles. The van der Waals surface area contributed by atoms with Crippen molar-refractivity contribution in [2.75, 3.05) is 6.61 Å². The van der Waals surface area contributed by atoms with Crippen LogP contribution in [0.1, 0.15) is 49.6 Å². The van der Waals surface area contributed by atoms with E-state index in [0.717, 1.165) is 13.0 Å². The average molecular weight is 267 g/mol. The Kier molecular flexibility index (Phi) is 5.08. The van der Waals surface area contributed by atoms with E-state index in [4.69, 9.17) is 16.3 Å². The molecule has 0 N–H and O–H groups in total. The van der Waals surface area contributed by atoms with E-state index in [2.05, 4.69) is 38.1 Å². The lowest BCUT2D eigenvalue weighted by molar-refractivity contribution is 0.105. The molecule has 0 spiro atoms. The molecule has 1 aliphatic heterocycles. The summed E-state index contributed by atoms with van der Waals surface area (Å²) in [6, 6.07) is 8.82. The van der Waals surface area contributed by atoms with Crippen molar-refractivity contribution in [3.63, 3.8) is 0 Å². The van der Waals surface area contributed by atoms with E-state index in [9.17, 15) is 0 Å². The third-order valence-corrected chi connectivity index (χ3v) is 4.50. The maximum atomic E-state index is 6.58. The first-order chi connectivity index (χ1) is 8.72. The Balaban J connectivity index is 2.00. The quantitative estimate of drug-likeness (QED) is 0.700. The Morgan fingerprint density at radius 3 is 2.61 bits per heavy atom. The molecular formula is C16H23ClO. The molecule has 1 heterocycles. The van der Waals surface area contributed by atoms with Crippen LogP contribution in [0.5, 0.6) is 0 Å². The van der Waals surface area contributed by atoms with E-state index in [1.54, 1.807) is 0 Å². The predicted molar refractivity (Wildman–Crippen MR) is 77.2 cm³/mol. The van der Waals surface area contributed by atoms with Crippen LogP contribution in [0.2, 0.25) is 0 Å². The highest BCUT2D eigenvalue weighted by molar-refractivity contribution is 6.21. The molecule has 2 rings (SSSR count). The lowest BCUT2D eigenvalue weighted by Crippen LogP contribution is -2.16. The number of halogens is 1. The van der Waals surface area contributed by atoms with Gasteiger partial charge < -0.3 is 4.74 Å². The molecule has 0 bridgehead atoms. The first-order valence-electron chi connectivity index (χ1n) is 7.07. The summed E-state index contributed by atoms with van der Waals surface area (Å²) in [4.78, 5) is 0. The minimum absolute atomic E-state index is 0.0859. The van der Waals surface area contributed by atoms with Gasteiger partial charge in [0.1, 0.15) is 0 Å². The van der Waals surface area contributed by atoms with Gasteiger partial charge >= 0.3 is 0 Å². The van der Waals surface area contributed by atoms with Crippen molar-refractivity contribution < 1.29 is 4.74 Å². The van der Waals surface area contributed by atoms with Crippen molar-refractivity contribution in [1.29, 1.82) is 0 Å². The molecule has 2 heteroatoms. The van der Waals surface area contributed by atoms with Crippen molar-refractivity contribution >= 4 is 11.6 Å². The highest BCUT2D eigenvalue weighted by atomic mass is 35.5. The normalized spacial score (nSPS) is 25.3. The number of benzene rings is 1. The monoisotopic (exact) mass is 266 g/mol. The molecule has 1 aromatic rings. The zero-order chi connectivity index (χ0) is 13.0. The van der Waals surface area contributed by atoms with Gasteiger partial charge in [-0.15, -0.1) is 11.6 Å². The van der Waals surface area contributed by atoms with E-state index in [1.807, 2.05) is 0 Å².